The molecule has 0 radical (unpaired) electrons. The molecule has 0 amide bonds. The van der Waals surface area contributed by atoms with E-state index in [1.165, 1.54) is 6.07 Å². The molecule has 0 saturated carbocycles. The molecule has 3 nitrogen and oxygen atoms in total. The topological polar surface area (TPSA) is 36.4 Å². The minimum atomic E-state index is -1.63. The number of aliphatic hydroxyl groups is 1. The zero-order chi connectivity index (χ0) is 19.2. The molecule has 0 aliphatic carbocycles. The second kappa shape index (κ2) is 7.15. The molecule has 1 aromatic heterocycles. The average molecular weight is 468 g/mol. The van der Waals surface area contributed by atoms with Crippen molar-refractivity contribution in [2.75, 3.05) is 0 Å². The van der Waals surface area contributed by atoms with Crippen LogP contribution in [0.1, 0.15) is 22.4 Å². The van der Waals surface area contributed by atoms with E-state index in [1.807, 2.05) is 6.07 Å². The van der Waals surface area contributed by atoms with Crippen molar-refractivity contribution in [3.8, 4) is 0 Å². The SMILES string of the molecule is OC1(c2ccc(Cl)cc2)c2c(F)cc(Br)cc2CN1Cc1ccc(Cl)cn1. The lowest BCUT2D eigenvalue weighted by atomic mass is 9.93. The van der Waals surface area contributed by atoms with Crippen LogP contribution in [-0.2, 0) is 18.8 Å². The van der Waals surface area contributed by atoms with Crippen molar-refractivity contribution in [3.63, 3.8) is 0 Å². The van der Waals surface area contributed by atoms with Crippen LogP contribution < -0.4 is 0 Å². The molecule has 7 heteroatoms. The molecular formula is C20H14BrCl2FN2O. The molecule has 1 unspecified atom stereocenters. The minimum absolute atomic E-state index is 0.252. The molecule has 0 saturated heterocycles. The zero-order valence-corrected chi connectivity index (χ0v) is 17.1. The number of benzene rings is 2. The Labute approximate surface area is 174 Å². The van der Waals surface area contributed by atoms with Gasteiger partial charge in [-0.25, -0.2) is 4.39 Å². The van der Waals surface area contributed by atoms with Crippen LogP contribution in [0.15, 0.2) is 59.2 Å². The maximum Gasteiger partial charge on any atom is 0.174 e. The quantitative estimate of drug-likeness (QED) is 0.552. The number of fused-ring (bicyclic) bond motifs is 1. The van der Waals surface area contributed by atoms with Crippen molar-refractivity contribution >= 4 is 39.1 Å². The van der Waals surface area contributed by atoms with Gasteiger partial charge >= 0.3 is 0 Å². The summed E-state index contributed by atoms with van der Waals surface area (Å²) >= 11 is 15.2. The van der Waals surface area contributed by atoms with Crippen molar-refractivity contribution in [3.05, 3.63) is 97.4 Å². The predicted octanol–water partition coefficient (Wildman–Crippen LogP) is 5.50. The number of halogens is 4. The Morgan fingerprint density at radius 1 is 1.11 bits per heavy atom. The Kier molecular flexibility index (Phi) is 4.99. The maximum atomic E-state index is 14.9. The number of hydrogen-bond acceptors (Lipinski definition) is 3. The number of aromatic nitrogens is 1. The van der Waals surface area contributed by atoms with Gasteiger partial charge in [-0.2, -0.15) is 0 Å². The monoisotopic (exact) mass is 466 g/mol. The van der Waals surface area contributed by atoms with Gasteiger partial charge in [-0.1, -0.05) is 51.3 Å². The van der Waals surface area contributed by atoms with Gasteiger partial charge in [-0.05, 0) is 42.0 Å². The molecule has 1 aliphatic heterocycles. The van der Waals surface area contributed by atoms with Crippen LogP contribution in [-0.4, -0.2) is 15.0 Å². The fourth-order valence-corrected chi connectivity index (χ4v) is 4.21. The van der Waals surface area contributed by atoms with Crippen molar-refractivity contribution in [2.45, 2.75) is 18.8 Å². The summed E-state index contributed by atoms with van der Waals surface area (Å²) < 4.78 is 15.5. The fourth-order valence-electron chi connectivity index (χ4n) is 3.50. The van der Waals surface area contributed by atoms with Crippen LogP contribution in [0.2, 0.25) is 10.0 Å². The Morgan fingerprint density at radius 2 is 1.81 bits per heavy atom. The second-order valence-electron chi connectivity index (χ2n) is 6.42. The minimum Gasteiger partial charge on any atom is -0.367 e. The Hall–Kier alpha value is -1.50. The van der Waals surface area contributed by atoms with Crippen LogP contribution in [0.4, 0.5) is 4.39 Å². The maximum absolute atomic E-state index is 14.9. The van der Waals surface area contributed by atoms with E-state index in [0.29, 0.717) is 38.7 Å². The predicted molar refractivity (Wildman–Crippen MR) is 107 cm³/mol. The third-order valence-electron chi connectivity index (χ3n) is 4.69. The van der Waals surface area contributed by atoms with Gasteiger partial charge in [0, 0.05) is 39.9 Å². The first-order valence-corrected chi connectivity index (χ1v) is 9.75. The summed E-state index contributed by atoms with van der Waals surface area (Å²) in [6.07, 6.45) is 1.55. The highest BCUT2D eigenvalue weighted by Gasteiger charge is 2.47. The molecular weight excluding hydrogens is 454 g/mol. The zero-order valence-electron chi connectivity index (χ0n) is 14.0. The molecule has 2 heterocycles. The lowest BCUT2D eigenvalue weighted by Crippen LogP contribution is -2.42. The van der Waals surface area contributed by atoms with Crippen LogP contribution in [0.5, 0.6) is 0 Å². The van der Waals surface area contributed by atoms with Crippen molar-refractivity contribution < 1.29 is 9.50 Å². The van der Waals surface area contributed by atoms with Crippen molar-refractivity contribution in [1.29, 1.82) is 0 Å². The van der Waals surface area contributed by atoms with Crippen LogP contribution in [0.25, 0.3) is 0 Å². The van der Waals surface area contributed by atoms with E-state index in [1.54, 1.807) is 47.5 Å². The summed E-state index contributed by atoms with van der Waals surface area (Å²) in [5.74, 6) is -0.469. The molecule has 138 valence electrons. The van der Waals surface area contributed by atoms with Gasteiger partial charge in [-0.15, -0.1) is 0 Å². The molecule has 0 spiro atoms. The van der Waals surface area contributed by atoms with Crippen LogP contribution in [0, 0.1) is 5.82 Å². The molecule has 4 rings (SSSR count). The van der Waals surface area contributed by atoms with Crippen LogP contribution in [0.3, 0.4) is 0 Å². The fraction of sp³-hybridized carbons (Fsp3) is 0.150. The molecule has 0 fully saturated rings. The molecule has 27 heavy (non-hydrogen) atoms. The summed E-state index contributed by atoms with van der Waals surface area (Å²) in [6, 6.07) is 13.5. The third-order valence-corrected chi connectivity index (χ3v) is 5.63. The molecule has 1 N–H and O–H groups in total. The first-order chi connectivity index (χ1) is 12.9. The first-order valence-electron chi connectivity index (χ1n) is 8.20. The number of rotatable bonds is 3. The average Bonchev–Trinajstić information content (AvgIpc) is 2.90. The molecule has 1 aliphatic rings. The second-order valence-corrected chi connectivity index (χ2v) is 8.21. The Morgan fingerprint density at radius 3 is 2.48 bits per heavy atom. The largest absolute Gasteiger partial charge is 0.367 e. The lowest BCUT2D eigenvalue weighted by Gasteiger charge is -2.35. The van der Waals surface area contributed by atoms with E-state index in [9.17, 15) is 9.50 Å². The summed E-state index contributed by atoms with van der Waals surface area (Å²) in [4.78, 5) is 6.09. The Bertz CT molecular complexity index is 998. The first kappa shape index (κ1) is 18.8. The van der Waals surface area contributed by atoms with Gasteiger partial charge in [0.25, 0.3) is 0 Å². The van der Waals surface area contributed by atoms with E-state index in [0.717, 1.165) is 5.69 Å². The molecule has 2 aromatic carbocycles. The summed E-state index contributed by atoms with van der Waals surface area (Å²) in [5, 5.41) is 12.8. The Balaban J connectivity index is 1.84. The summed E-state index contributed by atoms with van der Waals surface area (Å²) in [5.41, 5.74) is 0.599. The normalized spacial score (nSPS) is 19.3. The van der Waals surface area contributed by atoms with E-state index >= 15 is 0 Å². The van der Waals surface area contributed by atoms with Gasteiger partial charge in [0.2, 0.25) is 0 Å². The number of nitrogens with zero attached hydrogens (tertiary/aromatic N) is 2. The van der Waals surface area contributed by atoms with Gasteiger partial charge < -0.3 is 5.11 Å². The molecule has 3 aromatic rings. The smallest absolute Gasteiger partial charge is 0.174 e. The number of hydrogen-bond donors (Lipinski definition) is 1. The van der Waals surface area contributed by atoms with E-state index in [2.05, 4.69) is 20.9 Å². The highest BCUT2D eigenvalue weighted by Crippen LogP contribution is 2.45. The molecule has 1 atom stereocenters. The van der Waals surface area contributed by atoms with Crippen molar-refractivity contribution in [2.24, 2.45) is 0 Å². The lowest BCUT2D eigenvalue weighted by molar-refractivity contribution is -0.0779. The van der Waals surface area contributed by atoms with E-state index < -0.39 is 11.5 Å². The van der Waals surface area contributed by atoms with E-state index in [-0.39, 0.29) is 5.56 Å². The summed E-state index contributed by atoms with van der Waals surface area (Å²) in [6.45, 7) is 0.692. The number of pyridine rings is 1. The summed E-state index contributed by atoms with van der Waals surface area (Å²) in [7, 11) is 0. The standard InChI is InChI=1S/C20H14BrCl2FN2O/c21-14-7-12-10-26(11-17-6-5-16(23)9-25-17)20(27,19(12)18(24)8-14)13-1-3-15(22)4-2-13/h1-9,27H,10-11H2. The molecule has 0 bridgehead atoms. The van der Waals surface area contributed by atoms with Gasteiger partial charge in [-0.3, -0.25) is 9.88 Å². The van der Waals surface area contributed by atoms with Gasteiger partial charge in [0.1, 0.15) is 5.82 Å². The van der Waals surface area contributed by atoms with Crippen LogP contribution >= 0.6 is 39.1 Å². The third kappa shape index (κ3) is 3.39. The van der Waals surface area contributed by atoms with Gasteiger partial charge in [0.05, 0.1) is 10.7 Å². The van der Waals surface area contributed by atoms with E-state index in [4.69, 9.17) is 23.2 Å². The van der Waals surface area contributed by atoms with Crippen molar-refractivity contribution in [1.82, 2.24) is 9.88 Å². The van der Waals surface area contributed by atoms with Gasteiger partial charge in [0.15, 0.2) is 5.72 Å². The highest BCUT2D eigenvalue weighted by atomic mass is 79.9. The highest BCUT2D eigenvalue weighted by molar-refractivity contribution is 9.10.